The van der Waals surface area contributed by atoms with Crippen LogP contribution >= 0.6 is 0 Å². The highest BCUT2D eigenvalue weighted by Gasteiger charge is 2.44. The molecule has 160 valence electrons. The van der Waals surface area contributed by atoms with Gasteiger partial charge in [-0.05, 0) is 61.7 Å². The molecule has 5 heteroatoms. The van der Waals surface area contributed by atoms with Crippen molar-refractivity contribution in [2.24, 2.45) is 5.92 Å². The maximum atomic E-state index is 14.0. The third-order valence-electron chi connectivity index (χ3n) is 6.89. The van der Waals surface area contributed by atoms with Gasteiger partial charge in [0.05, 0.1) is 5.92 Å². The Balaban J connectivity index is 1.45. The zero-order chi connectivity index (χ0) is 21.3. The maximum absolute atomic E-state index is 14.0. The highest BCUT2D eigenvalue weighted by Crippen LogP contribution is 2.46. The molecule has 2 aromatic rings. The largest absolute Gasteiger partial charge is 0.373 e. The number of hydrogen-bond acceptors (Lipinski definition) is 3. The van der Waals surface area contributed by atoms with Gasteiger partial charge in [-0.3, -0.25) is 4.79 Å². The number of rotatable bonds is 5. The van der Waals surface area contributed by atoms with E-state index in [1.165, 1.54) is 5.56 Å². The molecule has 0 aromatic heterocycles. The van der Waals surface area contributed by atoms with Crippen LogP contribution in [0.15, 0.2) is 48.5 Å². The molecule has 1 amide bonds. The van der Waals surface area contributed by atoms with Gasteiger partial charge in [0.15, 0.2) is 0 Å². The van der Waals surface area contributed by atoms with Crippen molar-refractivity contribution in [3.05, 3.63) is 65.5 Å². The Bertz CT molecular complexity index is 891. The number of likely N-dealkylation sites (N-methyl/N-ethyl adjacent to an activating group) is 1. The van der Waals surface area contributed by atoms with Crippen LogP contribution in [-0.2, 0) is 16.6 Å². The van der Waals surface area contributed by atoms with Crippen molar-refractivity contribution in [3.63, 3.8) is 0 Å². The van der Waals surface area contributed by atoms with E-state index in [4.69, 9.17) is 0 Å². The summed E-state index contributed by atoms with van der Waals surface area (Å²) in [4.78, 5) is 19.3. The molecule has 2 heterocycles. The van der Waals surface area contributed by atoms with Crippen LogP contribution in [0.4, 0.5) is 10.1 Å². The van der Waals surface area contributed by atoms with Crippen LogP contribution in [-0.4, -0.2) is 63.0 Å². The molecule has 1 saturated heterocycles. The Hall–Kier alpha value is -2.40. The lowest BCUT2D eigenvalue weighted by Crippen LogP contribution is -2.48. The van der Waals surface area contributed by atoms with E-state index in [0.29, 0.717) is 0 Å². The molecule has 0 saturated carbocycles. The zero-order valence-electron chi connectivity index (χ0n) is 18.3. The van der Waals surface area contributed by atoms with Gasteiger partial charge in [-0.2, -0.15) is 0 Å². The summed E-state index contributed by atoms with van der Waals surface area (Å²) in [5, 5.41) is 0. The van der Waals surface area contributed by atoms with Gasteiger partial charge < -0.3 is 14.7 Å². The normalized spacial score (nSPS) is 19.0. The number of carbonyl (C=O) groups excluding carboxylic acids is 1. The van der Waals surface area contributed by atoms with Crippen molar-refractivity contribution in [3.8, 4) is 0 Å². The average Bonchev–Trinajstić information content (AvgIpc) is 3.00. The Morgan fingerprint density at radius 1 is 1.13 bits per heavy atom. The number of anilines is 1. The van der Waals surface area contributed by atoms with E-state index in [9.17, 15) is 9.18 Å². The molecule has 0 aliphatic carbocycles. The van der Waals surface area contributed by atoms with Crippen LogP contribution in [0.25, 0.3) is 0 Å². The van der Waals surface area contributed by atoms with Gasteiger partial charge in [0, 0.05) is 45.3 Å². The van der Waals surface area contributed by atoms with E-state index in [0.717, 1.165) is 56.7 Å². The summed E-state index contributed by atoms with van der Waals surface area (Å²) < 4.78 is 14.0. The predicted molar refractivity (Wildman–Crippen MR) is 119 cm³/mol. The molecule has 0 radical (unpaired) electrons. The molecule has 1 unspecified atom stereocenters. The first-order valence-corrected chi connectivity index (χ1v) is 10.9. The first-order valence-electron chi connectivity index (χ1n) is 10.9. The first-order chi connectivity index (χ1) is 14.4. The molecule has 2 aliphatic rings. The van der Waals surface area contributed by atoms with Gasteiger partial charge in [0.25, 0.3) is 0 Å². The van der Waals surface area contributed by atoms with Crippen LogP contribution in [0, 0.1) is 11.7 Å². The summed E-state index contributed by atoms with van der Waals surface area (Å²) in [6, 6.07) is 15.5. The number of hydrogen-bond donors (Lipinski definition) is 0. The maximum Gasteiger partial charge on any atom is 0.226 e. The summed E-state index contributed by atoms with van der Waals surface area (Å²) in [5.74, 6) is -0.00931. The van der Waals surface area contributed by atoms with Gasteiger partial charge in [-0.25, -0.2) is 4.39 Å². The lowest BCUT2D eigenvalue weighted by Gasteiger charge is -2.41. The van der Waals surface area contributed by atoms with Crippen molar-refractivity contribution < 1.29 is 9.18 Å². The Labute approximate surface area is 179 Å². The molecular formula is C25H32FN3O. The van der Waals surface area contributed by atoms with Crippen LogP contribution in [0.2, 0.25) is 0 Å². The minimum Gasteiger partial charge on any atom is -0.373 e. The number of fused-ring (bicyclic) bond motifs is 2. The standard InChI is InChI=1S/C25H32FN3O/c1-27(2)24(30)20(15-19-7-5-4-6-8-19)17-29-13-11-25(12-14-29)18-28(3)23-10-9-21(26)16-22(23)25/h4-10,16,20H,11-15,17-18H2,1-3H3. The summed E-state index contributed by atoms with van der Waals surface area (Å²) in [6.07, 6.45) is 2.76. The third kappa shape index (κ3) is 4.08. The fourth-order valence-corrected chi connectivity index (χ4v) is 5.29. The summed E-state index contributed by atoms with van der Waals surface area (Å²) >= 11 is 0. The Morgan fingerprint density at radius 2 is 1.83 bits per heavy atom. The van der Waals surface area contributed by atoms with Gasteiger partial charge in [-0.1, -0.05) is 30.3 Å². The molecule has 2 aromatic carbocycles. The highest BCUT2D eigenvalue weighted by atomic mass is 19.1. The minimum atomic E-state index is -0.148. The number of nitrogens with zero attached hydrogens (tertiary/aromatic N) is 3. The van der Waals surface area contributed by atoms with Crippen LogP contribution in [0.1, 0.15) is 24.0 Å². The second kappa shape index (κ2) is 8.38. The summed E-state index contributed by atoms with van der Waals surface area (Å²) in [5.41, 5.74) is 3.56. The molecule has 30 heavy (non-hydrogen) atoms. The topological polar surface area (TPSA) is 26.8 Å². The number of halogens is 1. The smallest absolute Gasteiger partial charge is 0.226 e. The quantitative estimate of drug-likeness (QED) is 0.756. The lowest BCUT2D eigenvalue weighted by atomic mass is 9.74. The molecule has 0 N–H and O–H groups in total. The van der Waals surface area contributed by atoms with Crippen LogP contribution < -0.4 is 4.90 Å². The molecular weight excluding hydrogens is 377 g/mol. The number of amides is 1. The third-order valence-corrected chi connectivity index (χ3v) is 6.89. The van der Waals surface area contributed by atoms with Crippen molar-refractivity contribution in [2.75, 3.05) is 52.2 Å². The second-order valence-corrected chi connectivity index (χ2v) is 9.22. The minimum absolute atomic E-state index is 0.0309. The van der Waals surface area contributed by atoms with Crippen molar-refractivity contribution in [1.29, 1.82) is 0 Å². The Kier molecular flexibility index (Phi) is 5.83. The van der Waals surface area contributed by atoms with E-state index >= 15 is 0 Å². The number of carbonyl (C=O) groups is 1. The van der Waals surface area contributed by atoms with Gasteiger partial charge in [-0.15, -0.1) is 0 Å². The fraction of sp³-hybridized carbons (Fsp3) is 0.480. The van der Waals surface area contributed by atoms with E-state index < -0.39 is 0 Å². The van der Waals surface area contributed by atoms with Crippen LogP contribution in [0.3, 0.4) is 0 Å². The molecule has 4 rings (SSSR count). The van der Waals surface area contributed by atoms with Crippen molar-refractivity contribution >= 4 is 11.6 Å². The molecule has 2 aliphatic heterocycles. The molecule has 1 atom stereocenters. The second-order valence-electron chi connectivity index (χ2n) is 9.22. The van der Waals surface area contributed by atoms with Crippen molar-refractivity contribution in [2.45, 2.75) is 24.7 Å². The lowest BCUT2D eigenvalue weighted by molar-refractivity contribution is -0.133. The van der Waals surface area contributed by atoms with Crippen LogP contribution in [0.5, 0.6) is 0 Å². The number of benzene rings is 2. The zero-order valence-corrected chi connectivity index (χ0v) is 18.3. The van der Waals surface area contributed by atoms with E-state index in [1.807, 2.05) is 38.4 Å². The number of likely N-dealkylation sites (tertiary alicyclic amines) is 1. The molecule has 4 nitrogen and oxygen atoms in total. The SMILES string of the molecule is CN(C)C(=O)C(Cc1ccccc1)CN1CCC2(CC1)CN(C)c1ccc(F)cc12. The average molecular weight is 410 g/mol. The fourth-order valence-electron chi connectivity index (χ4n) is 5.29. The molecule has 0 bridgehead atoms. The van der Waals surface area contributed by atoms with Gasteiger partial charge in [0.2, 0.25) is 5.91 Å². The van der Waals surface area contributed by atoms with E-state index in [-0.39, 0.29) is 23.1 Å². The molecule has 1 spiro atoms. The summed E-state index contributed by atoms with van der Waals surface area (Å²) in [6.45, 7) is 3.60. The van der Waals surface area contributed by atoms with Gasteiger partial charge in [0.1, 0.15) is 5.82 Å². The Morgan fingerprint density at radius 3 is 2.50 bits per heavy atom. The van der Waals surface area contributed by atoms with E-state index in [1.54, 1.807) is 17.0 Å². The van der Waals surface area contributed by atoms with Crippen molar-refractivity contribution in [1.82, 2.24) is 9.80 Å². The van der Waals surface area contributed by atoms with Gasteiger partial charge >= 0.3 is 0 Å². The monoisotopic (exact) mass is 409 g/mol. The predicted octanol–water partition coefficient (Wildman–Crippen LogP) is 3.56. The highest BCUT2D eigenvalue weighted by molar-refractivity contribution is 5.78. The number of piperidine rings is 1. The summed E-state index contributed by atoms with van der Waals surface area (Å²) in [7, 11) is 5.78. The molecule has 1 fully saturated rings. The first kappa shape index (κ1) is 20.9. The van der Waals surface area contributed by atoms with E-state index in [2.05, 4.69) is 29.0 Å².